The number of anilines is 3. The van der Waals surface area contributed by atoms with E-state index in [2.05, 4.69) is 289 Å². The molecule has 2 heteroatoms. The Morgan fingerprint density at radius 2 is 0.800 bits per heavy atom. The minimum atomic E-state index is 1.06. The molecule has 13 aromatic rings. The normalized spacial score (nSPS) is 11.4. The van der Waals surface area contributed by atoms with Crippen molar-refractivity contribution in [3.05, 3.63) is 279 Å². The van der Waals surface area contributed by atoms with Crippen molar-refractivity contribution in [2.24, 2.45) is 0 Å². The summed E-state index contributed by atoms with van der Waals surface area (Å²) in [6.45, 7) is 0. The Hall–Kier alpha value is -9.24. The van der Waals surface area contributed by atoms with Crippen LogP contribution in [-0.2, 0) is 0 Å². The minimum absolute atomic E-state index is 1.06. The first-order valence-electron chi connectivity index (χ1n) is 24.1. The molecule has 70 heavy (non-hydrogen) atoms. The van der Waals surface area contributed by atoms with Gasteiger partial charge in [-0.1, -0.05) is 224 Å². The van der Waals surface area contributed by atoms with E-state index in [4.69, 9.17) is 0 Å². The van der Waals surface area contributed by atoms with Crippen LogP contribution in [0.3, 0.4) is 0 Å². The quantitative estimate of drug-likeness (QED) is 0.140. The maximum absolute atomic E-state index is 2.47. The molecule has 0 aliphatic carbocycles. The van der Waals surface area contributed by atoms with Crippen LogP contribution in [0.4, 0.5) is 17.1 Å². The molecule has 328 valence electrons. The van der Waals surface area contributed by atoms with E-state index in [0.29, 0.717) is 0 Å². The maximum atomic E-state index is 2.47. The van der Waals surface area contributed by atoms with Gasteiger partial charge in [-0.3, -0.25) is 0 Å². The third-order valence-corrected chi connectivity index (χ3v) is 14.0. The third-order valence-electron chi connectivity index (χ3n) is 14.0. The molecular formula is C68H46N2. The Labute approximate surface area is 408 Å². The van der Waals surface area contributed by atoms with Gasteiger partial charge in [-0.25, -0.2) is 0 Å². The van der Waals surface area contributed by atoms with E-state index < -0.39 is 0 Å². The molecular weight excluding hydrogens is 845 g/mol. The highest BCUT2D eigenvalue weighted by Crippen LogP contribution is 2.47. The molecule has 0 N–H and O–H groups in total. The number of hydrogen-bond acceptors (Lipinski definition) is 1. The van der Waals surface area contributed by atoms with Gasteiger partial charge in [0.25, 0.3) is 0 Å². The smallest absolute Gasteiger partial charge is 0.0547 e. The second-order valence-electron chi connectivity index (χ2n) is 18.0. The SMILES string of the molecule is c1ccc(-c2ccc(N(c3ccc(-c4ccccc4-n4c5ccccc5c5c6ccccc6ccc54)c(-c4ccccc4)c3)c3ccc(-c4cccc5ccccc45)cc3-c3ccccc3)cc2)cc1. The molecule has 12 aromatic carbocycles. The van der Waals surface area contributed by atoms with Crippen molar-refractivity contribution >= 4 is 60.4 Å². The molecule has 13 rings (SSSR count). The fourth-order valence-electron chi connectivity index (χ4n) is 10.7. The number of fused-ring (bicyclic) bond motifs is 6. The summed E-state index contributed by atoms with van der Waals surface area (Å²) in [5, 5.41) is 7.49. The number of benzene rings is 12. The zero-order valence-corrected chi connectivity index (χ0v) is 38.5. The summed E-state index contributed by atoms with van der Waals surface area (Å²) in [7, 11) is 0. The Morgan fingerprint density at radius 3 is 1.56 bits per heavy atom. The zero-order chi connectivity index (χ0) is 46.4. The lowest BCUT2D eigenvalue weighted by Gasteiger charge is -2.30. The molecule has 0 aliphatic rings. The molecule has 2 nitrogen and oxygen atoms in total. The van der Waals surface area contributed by atoms with Crippen molar-refractivity contribution in [3.63, 3.8) is 0 Å². The third kappa shape index (κ3) is 7.13. The van der Waals surface area contributed by atoms with E-state index in [9.17, 15) is 0 Å². The number of rotatable bonds is 9. The van der Waals surface area contributed by atoms with Gasteiger partial charge in [-0.15, -0.1) is 0 Å². The molecule has 0 amide bonds. The van der Waals surface area contributed by atoms with Gasteiger partial charge in [0.2, 0.25) is 0 Å². The van der Waals surface area contributed by atoms with E-state index in [-0.39, 0.29) is 0 Å². The molecule has 0 aliphatic heterocycles. The Balaban J connectivity index is 1.04. The molecule has 0 atom stereocenters. The Bertz CT molecular complexity index is 4030. The predicted molar refractivity (Wildman–Crippen MR) is 298 cm³/mol. The monoisotopic (exact) mass is 890 g/mol. The highest BCUT2D eigenvalue weighted by molar-refractivity contribution is 6.21. The van der Waals surface area contributed by atoms with E-state index in [1.165, 1.54) is 65.6 Å². The van der Waals surface area contributed by atoms with Gasteiger partial charge < -0.3 is 9.47 Å². The van der Waals surface area contributed by atoms with Gasteiger partial charge in [-0.2, -0.15) is 0 Å². The van der Waals surface area contributed by atoms with Crippen LogP contribution in [0.2, 0.25) is 0 Å². The molecule has 1 heterocycles. The average Bonchev–Trinajstić information content (AvgIpc) is 3.79. The van der Waals surface area contributed by atoms with Crippen LogP contribution < -0.4 is 4.90 Å². The highest BCUT2D eigenvalue weighted by Gasteiger charge is 2.23. The lowest BCUT2D eigenvalue weighted by atomic mass is 9.91. The van der Waals surface area contributed by atoms with Gasteiger partial charge in [-0.05, 0) is 121 Å². The van der Waals surface area contributed by atoms with Crippen LogP contribution in [0.1, 0.15) is 0 Å². The van der Waals surface area contributed by atoms with Gasteiger partial charge in [0.05, 0.1) is 22.4 Å². The number of nitrogens with zero attached hydrogens (tertiary/aromatic N) is 2. The number of para-hydroxylation sites is 2. The summed E-state index contributed by atoms with van der Waals surface area (Å²) in [6.07, 6.45) is 0. The standard InChI is InChI=1S/C68H46N2/c1-4-19-47(20-5-1)48-35-39-54(40-36-48)69(66-43-38-53(45-63(66)51-23-8-3-9-24-51)57-32-18-27-49-25-10-12-28-56(49)57)55-41-42-59(62(46-55)50-21-6-2-7-22-50)60-30-14-16-33-64(60)70-65-34-17-15-31-61(65)68-58-29-13-11-26-52(58)37-44-67(68)70/h1-46H. The second-order valence-corrected chi connectivity index (χ2v) is 18.0. The fraction of sp³-hybridized carbons (Fsp3) is 0. The zero-order valence-electron chi connectivity index (χ0n) is 38.5. The van der Waals surface area contributed by atoms with Crippen molar-refractivity contribution in [2.75, 3.05) is 4.90 Å². The first-order chi connectivity index (χ1) is 34.7. The molecule has 0 spiro atoms. The summed E-state index contributed by atoms with van der Waals surface area (Å²) >= 11 is 0. The Morgan fingerprint density at radius 1 is 0.257 bits per heavy atom. The van der Waals surface area contributed by atoms with Gasteiger partial charge in [0, 0.05) is 33.3 Å². The summed E-state index contributed by atoms with van der Waals surface area (Å²) in [5.74, 6) is 0. The summed E-state index contributed by atoms with van der Waals surface area (Å²) in [5.41, 5.74) is 18.4. The maximum Gasteiger partial charge on any atom is 0.0547 e. The van der Waals surface area contributed by atoms with Crippen LogP contribution in [0.15, 0.2) is 279 Å². The summed E-state index contributed by atoms with van der Waals surface area (Å²) < 4.78 is 2.47. The fourth-order valence-corrected chi connectivity index (χ4v) is 10.7. The van der Waals surface area contributed by atoms with E-state index >= 15 is 0 Å². The Kier molecular flexibility index (Phi) is 10.2. The second kappa shape index (κ2) is 17.4. The lowest BCUT2D eigenvalue weighted by Crippen LogP contribution is -2.12. The molecule has 0 saturated heterocycles. The molecule has 0 radical (unpaired) electrons. The first-order valence-corrected chi connectivity index (χ1v) is 24.1. The molecule has 0 unspecified atom stereocenters. The van der Waals surface area contributed by atoms with Crippen molar-refractivity contribution in [1.82, 2.24) is 4.57 Å². The van der Waals surface area contributed by atoms with Crippen molar-refractivity contribution in [3.8, 4) is 61.3 Å². The van der Waals surface area contributed by atoms with Crippen LogP contribution in [0.5, 0.6) is 0 Å². The van der Waals surface area contributed by atoms with Crippen LogP contribution in [0.25, 0.3) is 105 Å². The van der Waals surface area contributed by atoms with Crippen molar-refractivity contribution in [2.45, 2.75) is 0 Å². The van der Waals surface area contributed by atoms with E-state index in [1.54, 1.807) is 0 Å². The van der Waals surface area contributed by atoms with E-state index in [1.807, 2.05) is 0 Å². The first kappa shape index (κ1) is 41.0. The van der Waals surface area contributed by atoms with Crippen molar-refractivity contribution < 1.29 is 0 Å². The van der Waals surface area contributed by atoms with Crippen LogP contribution in [-0.4, -0.2) is 4.57 Å². The molecule has 1 aromatic heterocycles. The van der Waals surface area contributed by atoms with Gasteiger partial charge in [0.1, 0.15) is 0 Å². The molecule has 0 saturated carbocycles. The largest absolute Gasteiger partial charge is 0.310 e. The predicted octanol–water partition coefficient (Wildman–Crippen LogP) is 18.9. The van der Waals surface area contributed by atoms with Crippen LogP contribution >= 0.6 is 0 Å². The average molecular weight is 891 g/mol. The lowest BCUT2D eigenvalue weighted by molar-refractivity contribution is 1.18. The molecule has 0 fully saturated rings. The van der Waals surface area contributed by atoms with Crippen molar-refractivity contribution in [1.29, 1.82) is 0 Å². The topological polar surface area (TPSA) is 8.17 Å². The van der Waals surface area contributed by atoms with Gasteiger partial charge >= 0.3 is 0 Å². The minimum Gasteiger partial charge on any atom is -0.310 e. The molecule has 0 bridgehead atoms. The number of aromatic nitrogens is 1. The summed E-state index contributed by atoms with van der Waals surface area (Å²) in [4.78, 5) is 2.45. The van der Waals surface area contributed by atoms with Crippen LogP contribution in [0, 0.1) is 0 Å². The van der Waals surface area contributed by atoms with E-state index in [0.717, 1.165) is 56.1 Å². The highest BCUT2D eigenvalue weighted by atomic mass is 15.1. The van der Waals surface area contributed by atoms with Gasteiger partial charge in [0.15, 0.2) is 0 Å². The summed E-state index contributed by atoms with van der Waals surface area (Å²) in [6, 6.07) is 102. The number of hydrogen-bond donors (Lipinski definition) is 0.